The van der Waals surface area contributed by atoms with Crippen LogP contribution in [0, 0.1) is 5.82 Å². The van der Waals surface area contributed by atoms with Crippen molar-refractivity contribution in [3.05, 3.63) is 59.7 Å². The number of furan rings is 1. The third kappa shape index (κ3) is 5.65. The Hall–Kier alpha value is -2.76. The summed E-state index contributed by atoms with van der Waals surface area (Å²) in [6.07, 6.45) is 5.18. The van der Waals surface area contributed by atoms with Gasteiger partial charge in [0.05, 0.1) is 33.2 Å². The third-order valence-electron chi connectivity index (χ3n) is 4.74. The molecule has 178 valence electrons. The zero-order chi connectivity index (χ0) is 24.1. The number of halogens is 1. The van der Waals surface area contributed by atoms with Crippen LogP contribution in [0.3, 0.4) is 0 Å². The van der Waals surface area contributed by atoms with Crippen molar-refractivity contribution >= 4 is 45.7 Å². The molecule has 0 aliphatic rings. The second-order valence-electron chi connectivity index (χ2n) is 7.57. The van der Waals surface area contributed by atoms with Gasteiger partial charge in [-0.05, 0) is 42.7 Å². The maximum atomic E-state index is 14.6. The summed E-state index contributed by atoms with van der Waals surface area (Å²) in [7, 11) is -1.73. The lowest BCUT2D eigenvalue weighted by molar-refractivity contribution is 0.466. The first kappa shape index (κ1) is 24.4. The van der Waals surface area contributed by atoms with Crippen molar-refractivity contribution in [3.63, 3.8) is 0 Å². The molecule has 1 unspecified atom stereocenters. The molecule has 1 aromatic carbocycles. The maximum Gasteiger partial charge on any atom is 0.223 e. The van der Waals surface area contributed by atoms with E-state index in [1.54, 1.807) is 53.6 Å². The Labute approximate surface area is 208 Å². The average molecular weight is 518 g/mol. The number of rotatable bonds is 10. The van der Waals surface area contributed by atoms with Gasteiger partial charge in [0.25, 0.3) is 0 Å². The smallest absolute Gasteiger partial charge is 0.223 e. The van der Waals surface area contributed by atoms with Gasteiger partial charge in [0.2, 0.25) is 11.0 Å². The zero-order valence-corrected chi connectivity index (χ0v) is 21.3. The predicted molar refractivity (Wildman–Crippen MR) is 138 cm³/mol. The van der Waals surface area contributed by atoms with Crippen molar-refractivity contribution in [2.24, 2.45) is 0 Å². The van der Waals surface area contributed by atoms with E-state index < -0.39 is 16.8 Å². The minimum Gasteiger partial charge on any atom is -0.454 e. The lowest BCUT2D eigenvalue weighted by atomic mass is 10.1. The van der Waals surface area contributed by atoms with Crippen LogP contribution in [0.4, 0.5) is 16.0 Å². The lowest BCUT2D eigenvalue weighted by Gasteiger charge is -2.09. The van der Waals surface area contributed by atoms with Gasteiger partial charge >= 0.3 is 0 Å². The SMILES string of the molecule is CSCCNc1nccc(-c2sc(C(C)C)nc2-c2ccc(F)c(NS(=O)c3ccco3)c2)n1. The van der Waals surface area contributed by atoms with Crippen LogP contribution >= 0.6 is 23.1 Å². The molecule has 0 aliphatic carbocycles. The van der Waals surface area contributed by atoms with E-state index in [1.165, 1.54) is 12.3 Å². The van der Waals surface area contributed by atoms with E-state index in [1.807, 2.05) is 12.3 Å². The molecule has 3 aromatic heterocycles. The highest BCUT2D eigenvalue weighted by Gasteiger charge is 2.20. The molecule has 4 rings (SSSR count). The highest BCUT2D eigenvalue weighted by Crippen LogP contribution is 2.39. The molecule has 3 heterocycles. The van der Waals surface area contributed by atoms with Gasteiger partial charge in [0.15, 0.2) is 11.0 Å². The standard InChI is InChI=1S/C23H24FN5O2S3/c1-14(2)22-28-20(21(33-22)17-8-9-25-23(27-17)26-10-12-32-3)15-6-7-16(24)18(13-15)29-34(30)19-5-4-11-31-19/h4-9,11,13-14,29H,10,12H2,1-3H3,(H,25,26,27). The second kappa shape index (κ2) is 11.1. The minimum absolute atomic E-state index is 0.0967. The van der Waals surface area contributed by atoms with Crippen molar-refractivity contribution < 1.29 is 13.0 Å². The van der Waals surface area contributed by atoms with Crippen LogP contribution in [-0.4, -0.2) is 37.7 Å². The molecule has 0 radical (unpaired) electrons. The molecule has 0 aliphatic heterocycles. The first-order chi connectivity index (χ1) is 16.5. The molecule has 0 spiro atoms. The Bertz CT molecular complexity index is 1280. The van der Waals surface area contributed by atoms with E-state index in [9.17, 15) is 8.60 Å². The van der Waals surface area contributed by atoms with Crippen LogP contribution in [0.1, 0.15) is 24.8 Å². The summed E-state index contributed by atoms with van der Waals surface area (Å²) < 4.78 is 34.9. The van der Waals surface area contributed by atoms with E-state index in [2.05, 4.69) is 33.9 Å². The molecule has 0 bridgehead atoms. The molecule has 0 amide bonds. The Morgan fingerprint density at radius 1 is 1.24 bits per heavy atom. The van der Waals surface area contributed by atoms with Gasteiger partial charge in [-0.25, -0.2) is 23.6 Å². The summed E-state index contributed by atoms with van der Waals surface area (Å²) in [4.78, 5) is 14.7. The van der Waals surface area contributed by atoms with Gasteiger partial charge in [-0.15, -0.1) is 11.3 Å². The number of thiazole rings is 1. The zero-order valence-electron chi connectivity index (χ0n) is 18.9. The largest absolute Gasteiger partial charge is 0.454 e. The fourth-order valence-electron chi connectivity index (χ4n) is 3.06. The predicted octanol–water partition coefficient (Wildman–Crippen LogP) is 6.03. The van der Waals surface area contributed by atoms with Crippen LogP contribution in [0.15, 0.2) is 58.4 Å². The van der Waals surface area contributed by atoms with Crippen LogP contribution in [0.25, 0.3) is 21.8 Å². The van der Waals surface area contributed by atoms with Gasteiger partial charge < -0.3 is 9.73 Å². The van der Waals surface area contributed by atoms with E-state index in [-0.39, 0.29) is 16.7 Å². The van der Waals surface area contributed by atoms with E-state index in [0.29, 0.717) is 17.2 Å². The number of benzene rings is 1. The monoisotopic (exact) mass is 517 g/mol. The maximum absolute atomic E-state index is 14.6. The first-order valence-electron chi connectivity index (χ1n) is 10.5. The summed E-state index contributed by atoms with van der Waals surface area (Å²) in [6, 6.07) is 9.65. The van der Waals surface area contributed by atoms with Crippen LogP contribution < -0.4 is 10.0 Å². The fourth-order valence-corrected chi connectivity index (χ4v) is 5.23. The normalized spacial score (nSPS) is 12.1. The van der Waals surface area contributed by atoms with Crippen molar-refractivity contribution in [1.82, 2.24) is 15.0 Å². The van der Waals surface area contributed by atoms with Crippen molar-refractivity contribution in [3.8, 4) is 21.8 Å². The number of aromatic nitrogens is 3. The molecule has 1 atom stereocenters. The fraction of sp³-hybridized carbons (Fsp3) is 0.261. The van der Waals surface area contributed by atoms with Gasteiger partial charge in [-0.2, -0.15) is 11.8 Å². The second-order valence-corrected chi connectivity index (χ2v) is 10.7. The molecule has 2 N–H and O–H groups in total. The number of hydrogen-bond donors (Lipinski definition) is 2. The van der Waals surface area contributed by atoms with Crippen molar-refractivity contribution in [1.29, 1.82) is 0 Å². The summed E-state index contributed by atoms with van der Waals surface area (Å²) in [5.74, 6) is 1.18. The van der Waals surface area contributed by atoms with Gasteiger partial charge in [-0.1, -0.05) is 13.8 Å². The van der Waals surface area contributed by atoms with Crippen molar-refractivity contribution in [2.75, 3.05) is 28.6 Å². The topological polar surface area (TPSA) is 92.9 Å². The Morgan fingerprint density at radius 2 is 2.09 bits per heavy atom. The van der Waals surface area contributed by atoms with E-state index >= 15 is 0 Å². The molecule has 0 fully saturated rings. The van der Waals surface area contributed by atoms with Crippen LogP contribution in [-0.2, 0) is 11.0 Å². The molecular weight excluding hydrogens is 493 g/mol. The number of anilines is 2. The Morgan fingerprint density at radius 3 is 2.82 bits per heavy atom. The van der Waals surface area contributed by atoms with Crippen molar-refractivity contribution in [2.45, 2.75) is 24.9 Å². The molecule has 11 heteroatoms. The summed E-state index contributed by atoms with van der Waals surface area (Å²) in [5.41, 5.74) is 2.21. The molecule has 0 saturated heterocycles. The lowest BCUT2D eigenvalue weighted by Crippen LogP contribution is -2.07. The van der Waals surface area contributed by atoms with E-state index in [0.717, 1.165) is 27.9 Å². The summed E-state index contributed by atoms with van der Waals surface area (Å²) in [6.45, 7) is 4.91. The molecule has 4 aromatic rings. The first-order valence-corrected chi connectivity index (χ1v) is 13.9. The van der Waals surface area contributed by atoms with E-state index in [4.69, 9.17) is 9.40 Å². The number of thioether (sulfide) groups is 1. The highest BCUT2D eigenvalue weighted by molar-refractivity contribution is 7.98. The van der Waals surface area contributed by atoms with Gasteiger partial charge in [0.1, 0.15) is 5.82 Å². The molecule has 0 saturated carbocycles. The molecule has 34 heavy (non-hydrogen) atoms. The third-order valence-corrected chi connectivity index (χ3v) is 7.73. The summed E-state index contributed by atoms with van der Waals surface area (Å²) in [5, 5.41) is 4.39. The van der Waals surface area contributed by atoms with Gasteiger partial charge in [0, 0.05) is 30.0 Å². The van der Waals surface area contributed by atoms with Crippen LogP contribution in [0.2, 0.25) is 0 Å². The molecular formula is C23H24FN5O2S3. The van der Waals surface area contributed by atoms with Gasteiger partial charge in [-0.3, -0.25) is 4.72 Å². The number of hydrogen-bond acceptors (Lipinski definition) is 8. The Kier molecular flexibility index (Phi) is 7.96. The minimum atomic E-state index is -1.73. The average Bonchev–Trinajstić information content (AvgIpc) is 3.52. The Balaban J connectivity index is 1.71. The number of nitrogens with one attached hydrogen (secondary N) is 2. The molecule has 7 nitrogen and oxygen atoms in total. The highest BCUT2D eigenvalue weighted by atomic mass is 32.2. The quantitative estimate of drug-likeness (QED) is 0.248. The number of nitrogens with zero attached hydrogens (tertiary/aromatic N) is 3. The summed E-state index contributed by atoms with van der Waals surface area (Å²) >= 11 is 3.30. The van der Waals surface area contributed by atoms with Crippen LogP contribution in [0.5, 0.6) is 0 Å².